The second kappa shape index (κ2) is 2.94. The first-order valence-corrected chi connectivity index (χ1v) is 4.49. The number of hydrogen-bond acceptors (Lipinski definition) is 2. The molecule has 0 spiro atoms. The van der Waals surface area contributed by atoms with Gasteiger partial charge in [-0.3, -0.25) is 0 Å². The molecule has 0 aliphatic carbocycles. The van der Waals surface area contributed by atoms with Crippen molar-refractivity contribution in [2.75, 3.05) is 0 Å². The van der Waals surface area contributed by atoms with Crippen molar-refractivity contribution in [1.29, 1.82) is 0 Å². The largest absolute Gasteiger partial charge is 0.465 e. The monoisotopic (exact) mass is 170 g/mol. The molecule has 12 heavy (non-hydrogen) atoms. The molecule has 2 heterocycles. The molecule has 2 unspecified atom stereocenters. The van der Waals surface area contributed by atoms with Gasteiger partial charge in [-0.15, -0.1) is 0 Å². The van der Waals surface area contributed by atoms with Gasteiger partial charge in [-0.1, -0.05) is 0 Å². The van der Waals surface area contributed by atoms with Crippen LogP contribution in [0.25, 0.3) is 0 Å². The minimum absolute atomic E-state index is 0.182. The van der Waals surface area contributed by atoms with Crippen molar-refractivity contribution < 1.29 is 9.90 Å². The van der Waals surface area contributed by atoms with Gasteiger partial charge in [-0.05, 0) is 25.7 Å². The Kier molecular flexibility index (Phi) is 1.92. The normalized spacial score (nSPS) is 39.5. The molecule has 3 atom stereocenters. The second-order valence-corrected chi connectivity index (χ2v) is 3.76. The van der Waals surface area contributed by atoms with E-state index in [-0.39, 0.29) is 6.04 Å². The molecule has 2 bridgehead atoms. The van der Waals surface area contributed by atoms with E-state index in [0.29, 0.717) is 12.1 Å². The average Bonchev–Trinajstić information content (AvgIpc) is 2.29. The minimum atomic E-state index is -0.888. The lowest BCUT2D eigenvalue weighted by atomic mass is 10.0. The number of nitrogens with one attached hydrogen (secondary N) is 2. The molecule has 1 amide bonds. The van der Waals surface area contributed by atoms with Crippen LogP contribution in [0, 0.1) is 0 Å². The lowest BCUT2D eigenvalue weighted by molar-refractivity contribution is 0.183. The number of carbonyl (C=O) groups is 1. The van der Waals surface area contributed by atoms with Gasteiger partial charge in [0.25, 0.3) is 0 Å². The Balaban J connectivity index is 1.89. The highest BCUT2D eigenvalue weighted by Crippen LogP contribution is 2.26. The van der Waals surface area contributed by atoms with E-state index in [1.807, 2.05) is 0 Å². The Morgan fingerprint density at radius 2 is 1.92 bits per heavy atom. The van der Waals surface area contributed by atoms with Crippen molar-refractivity contribution in [3.8, 4) is 0 Å². The molecule has 4 nitrogen and oxygen atoms in total. The zero-order chi connectivity index (χ0) is 8.55. The summed E-state index contributed by atoms with van der Waals surface area (Å²) in [6.45, 7) is 0. The van der Waals surface area contributed by atoms with Crippen molar-refractivity contribution in [1.82, 2.24) is 10.6 Å². The molecule has 0 saturated carbocycles. The van der Waals surface area contributed by atoms with Gasteiger partial charge in [0.1, 0.15) is 0 Å². The molecule has 2 aliphatic rings. The summed E-state index contributed by atoms with van der Waals surface area (Å²) in [4.78, 5) is 10.4. The Labute approximate surface area is 71.3 Å². The molecule has 2 fully saturated rings. The van der Waals surface area contributed by atoms with E-state index in [9.17, 15) is 4.79 Å². The summed E-state index contributed by atoms with van der Waals surface area (Å²) >= 11 is 0. The Bertz CT molecular complexity index is 183. The molecule has 0 radical (unpaired) electrons. The zero-order valence-electron chi connectivity index (χ0n) is 6.92. The van der Waals surface area contributed by atoms with E-state index in [1.54, 1.807) is 0 Å². The van der Waals surface area contributed by atoms with Crippen LogP contribution in [-0.2, 0) is 0 Å². The van der Waals surface area contributed by atoms with E-state index < -0.39 is 6.09 Å². The van der Waals surface area contributed by atoms with Crippen LogP contribution in [0.5, 0.6) is 0 Å². The van der Waals surface area contributed by atoms with Crippen LogP contribution in [0.15, 0.2) is 0 Å². The number of amides is 1. The molecule has 68 valence electrons. The zero-order valence-corrected chi connectivity index (χ0v) is 6.92. The Morgan fingerprint density at radius 3 is 2.42 bits per heavy atom. The lowest BCUT2D eigenvalue weighted by Gasteiger charge is -2.28. The predicted octanol–water partition coefficient (Wildman–Crippen LogP) is 0.537. The van der Waals surface area contributed by atoms with Crippen molar-refractivity contribution >= 4 is 6.09 Å². The smallest absolute Gasteiger partial charge is 0.404 e. The summed E-state index contributed by atoms with van der Waals surface area (Å²) in [6, 6.07) is 1.29. The minimum Gasteiger partial charge on any atom is -0.465 e. The van der Waals surface area contributed by atoms with Gasteiger partial charge in [-0.2, -0.15) is 0 Å². The van der Waals surface area contributed by atoms with Crippen LogP contribution in [0.1, 0.15) is 25.7 Å². The Morgan fingerprint density at radius 1 is 1.33 bits per heavy atom. The van der Waals surface area contributed by atoms with Crippen molar-refractivity contribution in [3.05, 3.63) is 0 Å². The first-order chi connectivity index (χ1) is 5.74. The van der Waals surface area contributed by atoms with E-state index in [1.165, 1.54) is 12.8 Å². The number of hydrogen-bond donors (Lipinski definition) is 3. The number of carboxylic acid groups (broad SMARTS) is 1. The molecule has 4 heteroatoms. The molecular formula is C8H14N2O2. The second-order valence-electron chi connectivity index (χ2n) is 3.76. The highest BCUT2D eigenvalue weighted by Gasteiger charge is 2.33. The van der Waals surface area contributed by atoms with Gasteiger partial charge in [0.05, 0.1) is 0 Å². The number of fused-ring (bicyclic) bond motifs is 2. The third-order valence-electron chi connectivity index (χ3n) is 2.80. The van der Waals surface area contributed by atoms with Crippen LogP contribution >= 0.6 is 0 Å². The standard InChI is InChI=1S/C8H14N2O2/c11-8(12)10-7-3-5-1-2-6(4-7)9-5/h5-7,9-10H,1-4H2,(H,11,12)/t5-,6?,7?/m1/s1. The average molecular weight is 170 g/mol. The summed E-state index contributed by atoms with van der Waals surface area (Å²) in [7, 11) is 0. The maximum atomic E-state index is 10.4. The van der Waals surface area contributed by atoms with Crippen LogP contribution in [-0.4, -0.2) is 29.3 Å². The predicted molar refractivity (Wildman–Crippen MR) is 44.1 cm³/mol. The summed E-state index contributed by atoms with van der Waals surface area (Å²) in [6.07, 6.45) is 3.46. The quantitative estimate of drug-likeness (QED) is 0.538. The van der Waals surface area contributed by atoms with Gasteiger partial charge in [-0.25, -0.2) is 4.79 Å². The van der Waals surface area contributed by atoms with Gasteiger partial charge < -0.3 is 15.7 Å². The van der Waals surface area contributed by atoms with E-state index >= 15 is 0 Å². The summed E-state index contributed by atoms with van der Waals surface area (Å²) in [5.41, 5.74) is 0. The highest BCUT2D eigenvalue weighted by atomic mass is 16.4. The molecule has 3 N–H and O–H groups in total. The lowest BCUT2D eigenvalue weighted by Crippen LogP contribution is -2.47. The molecule has 0 aromatic rings. The topological polar surface area (TPSA) is 61.4 Å². The third-order valence-corrected chi connectivity index (χ3v) is 2.80. The van der Waals surface area contributed by atoms with E-state index in [0.717, 1.165) is 12.8 Å². The summed E-state index contributed by atoms with van der Waals surface area (Å²) in [5.74, 6) is 0. The molecule has 0 aromatic carbocycles. The number of rotatable bonds is 1. The van der Waals surface area contributed by atoms with Crippen LogP contribution < -0.4 is 10.6 Å². The van der Waals surface area contributed by atoms with Gasteiger partial charge >= 0.3 is 6.09 Å². The third kappa shape index (κ3) is 1.53. The highest BCUT2D eigenvalue weighted by molar-refractivity contribution is 5.64. The Hall–Kier alpha value is -0.770. The van der Waals surface area contributed by atoms with Crippen molar-refractivity contribution in [2.45, 2.75) is 43.8 Å². The fraction of sp³-hybridized carbons (Fsp3) is 0.875. The molecule has 2 aliphatic heterocycles. The maximum absolute atomic E-state index is 10.4. The fourth-order valence-corrected chi connectivity index (χ4v) is 2.35. The van der Waals surface area contributed by atoms with E-state index in [2.05, 4.69) is 10.6 Å². The van der Waals surface area contributed by atoms with E-state index in [4.69, 9.17) is 5.11 Å². The number of piperidine rings is 1. The van der Waals surface area contributed by atoms with Crippen LogP contribution in [0.4, 0.5) is 4.79 Å². The van der Waals surface area contributed by atoms with Crippen LogP contribution in [0.3, 0.4) is 0 Å². The first-order valence-electron chi connectivity index (χ1n) is 4.49. The van der Waals surface area contributed by atoms with Gasteiger partial charge in [0.15, 0.2) is 0 Å². The van der Waals surface area contributed by atoms with Crippen molar-refractivity contribution in [2.24, 2.45) is 0 Å². The SMILES string of the molecule is O=C(O)NC1CC2CC[C@H](C1)N2. The van der Waals surface area contributed by atoms with Gasteiger partial charge in [0, 0.05) is 18.1 Å². The fourth-order valence-electron chi connectivity index (χ4n) is 2.35. The van der Waals surface area contributed by atoms with Crippen LogP contribution in [0.2, 0.25) is 0 Å². The molecule has 2 saturated heterocycles. The van der Waals surface area contributed by atoms with Crippen molar-refractivity contribution in [3.63, 3.8) is 0 Å². The summed E-state index contributed by atoms with van der Waals surface area (Å²) in [5, 5.41) is 14.5. The first kappa shape index (κ1) is 7.86. The molecule has 2 rings (SSSR count). The maximum Gasteiger partial charge on any atom is 0.404 e. The van der Waals surface area contributed by atoms with Gasteiger partial charge in [0.2, 0.25) is 0 Å². The molecular weight excluding hydrogens is 156 g/mol. The molecule has 0 aromatic heterocycles. The summed E-state index contributed by atoms with van der Waals surface area (Å²) < 4.78 is 0.